The van der Waals surface area contributed by atoms with Gasteiger partial charge in [-0.25, -0.2) is 16.8 Å². The van der Waals surface area contributed by atoms with Crippen LogP contribution in [0.4, 0.5) is 0 Å². The zero-order chi connectivity index (χ0) is 15.1. The highest BCUT2D eigenvalue weighted by Gasteiger charge is 2.12. The summed E-state index contributed by atoms with van der Waals surface area (Å²) in [6.07, 6.45) is 1.17. The molecule has 0 bridgehead atoms. The first-order chi connectivity index (χ1) is 9.49. The van der Waals surface area contributed by atoms with Crippen LogP contribution in [0.1, 0.15) is 26.3 Å². The van der Waals surface area contributed by atoms with Crippen LogP contribution in [-0.2, 0) is 4.94 Å². The molecule has 108 valence electrons. The van der Waals surface area contributed by atoms with E-state index in [0.717, 1.165) is 5.54 Å². The lowest BCUT2D eigenvalue weighted by Crippen LogP contribution is -2.36. The van der Waals surface area contributed by atoms with Crippen LogP contribution in [0, 0.1) is 6.92 Å². The van der Waals surface area contributed by atoms with Gasteiger partial charge in [-0.3, -0.25) is 14.8 Å². The van der Waals surface area contributed by atoms with E-state index in [-0.39, 0.29) is 11.1 Å². The third kappa shape index (κ3) is 4.21. The van der Waals surface area contributed by atoms with Gasteiger partial charge in [-0.05, 0) is 30.7 Å². The van der Waals surface area contributed by atoms with Crippen LogP contribution in [0.25, 0.3) is 0 Å². The number of aryl methyl sites for hydroxylation is 1. The maximum absolute atomic E-state index is 11.7. The van der Waals surface area contributed by atoms with Crippen molar-refractivity contribution in [2.75, 3.05) is 0 Å². The van der Waals surface area contributed by atoms with Gasteiger partial charge in [0.15, 0.2) is 0 Å². The van der Waals surface area contributed by atoms with E-state index >= 15 is 0 Å². The number of benzene rings is 1. The van der Waals surface area contributed by atoms with E-state index in [2.05, 4.69) is 10.4 Å². The summed E-state index contributed by atoms with van der Waals surface area (Å²) >= 11 is 5.26. The van der Waals surface area contributed by atoms with Crippen molar-refractivity contribution < 1.29 is 19.7 Å². The summed E-state index contributed by atoms with van der Waals surface area (Å²) in [4.78, 5) is 27.7. The lowest BCUT2D eigenvalue weighted by atomic mass is 10.0. The number of hydrogen-bond donors (Lipinski definition) is 4. The summed E-state index contributed by atoms with van der Waals surface area (Å²) in [5, 5.41) is 9.25. The van der Waals surface area contributed by atoms with Crippen molar-refractivity contribution in [2.24, 2.45) is 5.84 Å². The van der Waals surface area contributed by atoms with Crippen LogP contribution < -0.4 is 16.8 Å². The lowest BCUT2D eigenvalue weighted by molar-refractivity contribution is -0.164. The molecular weight excluding hydrogens is 288 g/mol. The number of hydroxylamine groups is 3. The molecule has 5 N–H and O–H groups in total. The predicted octanol–water partition coefficient (Wildman–Crippen LogP) is 0.576. The van der Waals surface area contributed by atoms with E-state index in [1.807, 2.05) is 0 Å². The molecular formula is C11H13ClN4O4. The summed E-state index contributed by atoms with van der Waals surface area (Å²) in [6.45, 7) is 1.62. The first-order valence-corrected chi connectivity index (χ1v) is 5.76. The van der Waals surface area contributed by atoms with Gasteiger partial charge in [0.25, 0.3) is 11.8 Å². The Kier molecular flexibility index (Phi) is 5.94. The van der Waals surface area contributed by atoms with Crippen LogP contribution in [0.15, 0.2) is 29.9 Å². The number of carbonyl (C=O) groups is 2. The van der Waals surface area contributed by atoms with Crippen molar-refractivity contribution >= 4 is 23.4 Å². The predicted molar refractivity (Wildman–Crippen MR) is 70.0 cm³/mol. The van der Waals surface area contributed by atoms with Gasteiger partial charge in [-0.2, -0.15) is 5.17 Å². The van der Waals surface area contributed by atoms with Crippen molar-refractivity contribution in [3.05, 3.63) is 46.6 Å². The molecule has 1 rings (SSSR count). The SMILES string of the molecule is Cc1cc(C(=O)NON(N)/C=C\Cl)ccc1C(=O)NO. The lowest BCUT2D eigenvalue weighted by Gasteiger charge is -2.12. The van der Waals surface area contributed by atoms with Gasteiger partial charge in [-0.1, -0.05) is 11.6 Å². The van der Waals surface area contributed by atoms with E-state index < -0.39 is 11.8 Å². The van der Waals surface area contributed by atoms with Gasteiger partial charge in [0.2, 0.25) is 0 Å². The largest absolute Gasteiger partial charge is 0.288 e. The molecule has 0 aliphatic heterocycles. The average molecular weight is 301 g/mol. The molecule has 0 fully saturated rings. The summed E-state index contributed by atoms with van der Waals surface area (Å²) < 4.78 is 0. The van der Waals surface area contributed by atoms with Crippen molar-refractivity contribution in [3.8, 4) is 0 Å². The molecule has 8 nitrogen and oxygen atoms in total. The quantitative estimate of drug-likeness (QED) is 0.359. The molecule has 0 spiro atoms. The number of hydrazine groups is 1. The fourth-order valence-electron chi connectivity index (χ4n) is 1.36. The Hall–Kier alpha value is -2.13. The fraction of sp³-hybridized carbons (Fsp3) is 0.0909. The smallest absolute Gasteiger partial charge is 0.276 e. The second-order valence-electron chi connectivity index (χ2n) is 3.63. The minimum Gasteiger partial charge on any atom is -0.288 e. The zero-order valence-electron chi connectivity index (χ0n) is 10.5. The number of halogens is 1. The van der Waals surface area contributed by atoms with E-state index in [9.17, 15) is 9.59 Å². The normalized spacial score (nSPS) is 10.4. The molecule has 2 amide bonds. The molecule has 0 radical (unpaired) electrons. The van der Waals surface area contributed by atoms with Crippen molar-refractivity contribution in [3.63, 3.8) is 0 Å². The second-order valence-corrected chi connectivity index (χ2v) is 3.88. The van der Waals surface area contributed by atoms with E-state index in [0.29, 0.717) is 10.7 Å². The standard InChI is InChI=1S/C11H13ClN4O4/c1-7-6-8(2-3-9(7)11(18)14-19)10(17)15-20-16(13)5-4-12/h2-6,19H,13H2,1H3,(H,14,18)(H,15,17)/b5-4-. The Morgan fingerprint density at radius 2 is 2.15 bits per heavy atom. The Morgan fingerprint density at radius 1 is 1.45 bits per heavy atom. The van der Waals surface area contributed by atoms with Crippen LogP contribution in [0.3, 0.4) is 0 Å². The summed E-state index contributed by atoms with van der Waals surface area (Å²) in [7, 11) is 0. The Balaban J connectivity index is 2.75. The average Bonchev–Trinajstić information content (AvgIpc) is 2.44. The van der Waals surface area contributed by atoms with Gasteiger partial charge < -0.3 is 0 Å². The van der Waals surface area contributed by atoms with Crippen molar-refractivity contribution in [1.82, 2.24) is 16.1 Å². The fourth-order valence-corrected chi connectivity index (χ4v) is 1.47. The highest BCUT2D eigenvalue weighted by Crippen LogP contribution is 2.11. The Labute approximate surface area is 119 Å². The number of rotatable bonds is 5. The number of carbonyl (C=O) groups excluding carboxylic acids is 2. The highest BCUT2D eigenvalue weighted by atomic mass is 35.5. The van der Waals surface area contributed by atoms with Crippen LogP contribution in [-0.4, -0.2) is 22.2 Å². The molecule has 1 aromatic carbocycles. The van der Waals surface area contributed by atoms with Gasteiger partial charge >= 0.3 is 0 Å². The molecule has 20 heavy (non-hydrogen) atoms. The second kappa shape index (κ2) is 7.46. The summed E-state index contributed by atoms with van der Waals surface area (Å²) in [5.41, 5.74) is 5.69. The number of hydrogen-bond acceptors (Lipinski definition) is 6. The summed E-state index contributed by atoms with van der Waals surface area (Å²) in [6, 6.07) is 4.25. The van der Waals surface area contributed by atoms with E-state index in [4.69, 9.17) is 22.7 Å². The monoisotopic (exact) mass is 300 g/mol. The highest BCUT2D eigenvalue weighted by molar-refractivity contribution is 6.25. The number of amides is 2. The van der Waals surface area contributed by atoms with Crippen LogP contribution >= 0.6 is 11.6 Å². The van der Waals surface area contributed by atoms with Crippen LogP contribution in [0.2, 0.25) is 0 Å². The van der Waals surface area contributed by atoms with Gasteiger partial charge in [-0.15, -0.1) is 4.94 Å². The molecule has 0 saturated heterocycles. The molecule has 0 aromatic heterocycles. The molecule has 0 aliphatic rings. The maximum atomic E-state index is 11.7. The van der Waals surface area contributed by atoms with Gasteiger partial charge in [0, 0.05) is 16.7 Å². The minimum absolute atomic E-state index is 0.246. The first kappa shape index (κ1) is 15.9. The third-order valence-electron chi connectivity index (χ3n) is 2.28. The number of nitrogens with zero attached hydrogens (tertiary/aromatic N) is 1. The van der Waals surface area contributed by atoms with Crippen molar-refractivity contribution in [2.45, 2.75) is 6.92 Å². The first-order valence-electron chi connectivity index (χ1n) is 5.32. The minimum atomic E-state index is -0.661. The van der Waals surface area contributed by atoms with E-state index in [1.165, 1.54) is 29.9 Å². The third-order valence-corrected chi connectivity index (χ3v) is 2.39. The maximum Gasteiger partial charge on any atom is 0.276 e. The molecule has 0 aliphatic carbocycles. The Morgan fingerprint density at radius 3 is 2.70 bits per heavy atom. The van der Waals surface area contributed by atoms with Crippen LogP contribution in [0.5, 0.6) is 0 Å². The molecule has 0 unspecified atom stereocenters. The molecule has 0 heterocycles. The summed E-state index contributed by atoms with van der Waals surface area (Å²) in [5.74, 6) is 4.04. The van der Waals surface area contributed by atoms with E-state index in [1.54, 1.807) is 6.92 Å². The number of nitrogens with one attached hydrogen (secondary N) is 2. The van der Waals surface area contributed by atoms with Gasteiger partial charge in [0.1, 0.15) is 0 Å². The number of nitrogens with two attached hydrogens (primary N) is 1. The molecule has 0 saturated carbocycles. The molecule has 1 aromatic rings. The molecule has 0 atom stereocenters. The van der Waals surface area contributed by atoms with Gasteiger partial charge in [0.05, 0.1) is 6.20 Å². The zero-order valence-corrected chi connectivity index (χ0v) is 11.2. The van der Waals surface area contributed by atoms with Crippen molar-refractivity contribution in [1.29, 1.82) is 0 Å². The Bertz CT molecular complexity index is 535. The molecule has 9 heteroatoms. The topological polar surface area (TPSA) is 117 Å².